The van der Waals surface area contributed by atoms with Crippen molar-refractivity contribution in [1.29, 1.82) is 0 Å². The average molecular weight is 317 g/mol. The minimum atomic E-state index is -4.47. The molecular weight excluding hydrogens is 303 g/mol. The van der Waals surface area contributed by atoms with E-state index in [4.69, 9.17) is 0 Å². The molecule has 0 aliphatic carbocycles. The van der Waals surface area contributed by atoms with E-state index in [1.807, 2.05) is 6.92 Å². The van der Waals surface area contributed by atoms with Crippen LogP contribution in [-0.2, 0) is 6.18 Å². The Morgan fingerprint density at radius 1 is 1.33 bits per heavy atom. The monoisotopic (exact) mass is 317 g/mol. The summed E-state index contributed by atoms with van der Waals surface area (Å²) in [4.78, 5) is 8.42. The second-order valence-corrected chi connectivity index (χ2v) is 4.94. The topological polar surface area (TPSA) is 55.6 Å². The molecule has 0 saturated carbocycles. The van der Waals surface area contributed by atoms with Crippen molar-refractivity contribution < 1.29 is 13.2 Å². The van der Waals surface area contributed by atoms with Gasteiger partial charge in [0.05, 0.1) is 0 Å². The summed E-state index contributed by atoms with van der Waals surface area (Å²) < 4.78 is 38.8. The molecule has 0 aliphatic heterocycles. The van der Waals surface area contributed by atoms with Crippen molar-refractivity contribution in [1.82, 2.24) is 19.7 Å². The van der Waals surface area contributed by atoms with Gasteiger partial charge in [0.2, 0.25) is 0 Å². The van der Waals surface area contributed by atoms with Gasteiger partial charge in [0.25, 0.3) is 0 Å². The Morgan fingerprint density at radius 2 is 2.10 bits per heavy atom. The van der Waals surface area contributed by atoms with Gasteiger partial charge in [-0.25, -0.2) is 14.6 Å². The van der Waals surface area contributed by atoms with Gasteiger partial charge in [0, 0.05) is 18.8 Å². The van der Waals surface area contributed by atoms with Crippen LogP contribution in [0.2, 0.25) is 0 Å². The van der Waals surface area contributed by atoms with E-state index >= 15 is 0 Å². The summed E-state index contributed by atoms with van der Waals surface area (Å²) in [6.07, 6.45) is -0.524. The molecule has 114 valence electrons. The molecular formula is C12H14F3N5S. The van der Waals surface area contributed by atoms with E-state index in [-0.39, 0.29) is 0 Å². The first-order chi connectivity index (χ1) is 9.94. The van der Waals surface area contributed by atoms with Crippen molar-refractivity contribution in [2.45, 2.75) is 24.7 Å². The van der Waals surface area contributed by atoms with E-state index < -0.39 is 11.9 Å². The molecule has 0 fully saturated rings. The summed E-state index contributed by atoms with van der Waals surface area (Å²) in [5.74, 6) is 0.860. The molecule has 9 heteroatoms. The maximum Gasteiger partial charge on any atom is 0.435 e. The van der Waals surface area contributed by atoms with Crippen LogP contribution in [0.15, 0.2) is 23.5 Å². The third kappa shape index (κ3) is 3.87. The van der Waals surface area contributed by atoms with Gasteiger partial charge < -0.3 is 5.32 Å². The smallest absolute Gasteiger partial charge is 0.370 e. The van der Waals surface area contributed by atoms with Crippen LogP contribution in [0.3, 0.4) is 0 Å². The molecule has 2 aromatic heterocycles. The molecule has 0 radical (unpaired) electrons. The van der Waals surface area contributed by atoms with Crippen LogP contribution in [0, 0.1) is 0 Å². The number of thioether (sulfide) groups is 1. The third-order valence-corrected chi connectivity index (χ3v) is 3.09. The maximum atomic E-state index is 12.6. The predicted molar refractivity (Wildman–Crippen MR) is 74.7 cm³/mol. The number of rotatable bonds is 5. The molecule has 21 heavy (non-hydrogen) atoms. The highest BCUT2D eigenvalue weighted by Crippen LogP contribution is 2.28. The van der Waals surface area contributed by atoms with Gasteiger partial charge in [-0.2, -0.15) is 18.3 Å². The molecule has 1 N–H and O–H groups in total. The molecule has 0 amide bonds. The summed E-state index contributed by atoms with van der Waals surface area (Å²) in [5, 5.41) is 7.07. The lowest BCUT2D eigenvalue weighted by Gasteiger charge is -2.08. The molecule has 0 unspecified atom stereocenters. The zero-order valence-electron chi connectivity index (χ0n) is 11.5. The fourth-order valence-electron chi connectivity index (χ4n) is 1.57. The van der Waals surface area contributed by atoms with Crippen LogP contribution in [0.25, 0.3) is 5.82 Å². The van der Waals surface area contributed by atoms with Crippen LogP contribution >= 0.6 is 11.8 Å². The van der Waals surface area contributed by atoms with E-state index in [2.05, 4.69) is 20.4 Å². The fourth-order valence-corrected chi connectivity index (χ4v) is 1.94. The Kier molecular flexibility index (Phi) is 4.71. The molecule has 0 aromatic carbocycles. The van der Waals surface area contributed by atoms with E-state index in [9.17, 15) is 13.2 Å². The number of alkyl halides is 3. The van der Waals surface area contributed by atoms with Crippen molar-refractivity contribution in [2.75, 3.05) is 18.1 Å². The molecule has 0 atom stereocenters. The lowest BCUT2D eigenvalue weighted by Crippen LogP contribution is -2.09. The maximum absolute atomic E-state index is 12.6. The van der Waals surface area contributed by atoms with Gasteiger partial charge in [0.1, 0.15) is 5.82 Å². The molecule has 0 saturated heterocycles. The van der Waals surface area contributed by atoms with E-state index in [1.54, 1.807) is 12.3 Å². The first kappa shape index (κ1) is 15.6. The Hall–Kier alpha value is -1.77. The first-order valence-corrected chi connectivity index (χ1v) is 7.46. The second-order valence-electron chi connectivity index (χ2n) is 4.17. The standard InChI is InChI=1S/C12H14F3N5S/c1-3-5-16-9-7-10(18-11(17-9)21-2)20-6-4-8(19-20)12(13,14)15/h4,6-7H,3,5H2,1-2H3,(H,16,17,18). The number of hydrogen-bond donors (Lipinski definition) is 1. The fraction of sp³-hybridized carbons (Fsp3) is 0.417. The lowest BCUT2D eigenvalue weighted by atomic mass is 10.4. The predicted octanol–water partition coefficient (Wildman–Crippen LogP) is 3.22. The Morgan fingerprint density at radius 3 is 2.67 bits per heavy atom. The minimum Gasteiger partial charge on any atom is -0.370 e. The van der Waals surface area contributed by atoms with Gasteiger partial charge in [-0.3, -0.25) is 0 Å². The summed E-state index contributed by atoms with van der Waals surface area (Å²) in [7, 11) is 0. The molecule has 0 bridgehead atoms. The molecule has 5 nitrogen and oxygen atoms in total. The highest BCUT2D eigenvalue weighted by atomic mass is 32.2. The normalized spacial score (nSPS) is 11.7. The average Bonchev–Trinajstić information content (AvgIpc) is 2.94. The molecule has 0 spiro atoms. The second kappa shape index (κ2) is 6.33. The van der Waals surface area contributed by atoms with Gasteiger partial charge in [0.15, 0.2) is 16.7 Å². The van der Waals surface area contributed by atoms with E-state index in [0.717, 1.165) is 23.7 Å². The van der Waals surface area contributed by atoms with Crippen molar-refractivity contribution in [3.63, 3.8) is 0 Å². The summed E-state index contributed by atoms with van der Waals surface area (Å²) >= 11 is 1.31. The molecule has 2 aromatic rings. The number of hydrogen-bond acceptors (Lipinski definition) is 5. The van der Waals surface area contributed by atoms with Gasteiger partial charge in [-0.05, 0) is 18.7 Å². The SMILES string of the molecule is CCCNc1cc(-n2ccc(C(F)(F)F)n2)nc(SC)n1. The number of halogens is 3. The molecule has 2 heterocycles. The minimum absolute atomic E-state index is 0.295. The number of nitrogens with zero attached hydrogens (tertiary/aromatic N) is 4. The van der Waals surface area contributed by atoms with E-state index in [0.29, 0.717) is 16.8 Å². The number of anilines is 1. The molecule has 0 aliphatic rings. The van der Waals surface area contributed by atoms with Crippen LogP contribution in [0.4, 0.5) is 19.0 Å². The largest absolute Gasteiger partial charge is 0.435 e. The van der Waals surface area contributed by atoms with Gasteiger partial charge in [-0.1, -0.05) is 18.7 Å². The van der Waals surface area contributed by atoms with Crippen LogP contribution in [0.1, 0.15) is 19.0 Å². The van der Waals surface area contributed by atoms with Crippen LogP contribution < -0.4 is 5.32 Å². The lowest BCUT2D eigenvalue weighted by molar-refractivity contribution is -0.141. The van der Waals surface area contributed by atoms with Gasteiger partial charge >= 0.3 is 6.18 Å². The summed E-state index contributed by atoms with van der Waals surface area (Å²) in [6.45, 7) is 2.73. The Balaban J connectivity index is 2.36. The van der Waals surface area contributed by atoms with E-state index in [1.165, 1.54) is 18.0 Å². The van der Waals surface area contributed by atoms with Crippen molar-refractivity contribution in [3.05, 3.63) is 24.0 Å². The van der Waals surface area contributed by atoms with Crippen LogP contribution in [0.5, 0.6) is 0 Å². The Labute approximate surface area is 124 Å². The molecule has 2 rings (SSSR count). The van der Waals surface area contributed by atoms with Gasteiger partial charge in [-0.15, -0.1) is 0 Å². The summed E-state index contributed by atoms with van der Waals surface area (Å²) in [5.41, 5.74) is -0.949. The zero-order valence-corrected chi connectivity index (χ0v) is 12.3. The van der Waals surface area contributed by atoms with Crippen molar-refractivity contribution >= 4 is 17.6 Å². The van der Waals surface area contributed by atoms with Crippen molar-refractivity contribution in [2.24, 2.45) is 0 Å². The zero-order chi connectivity index (χ0) is 15.5. The van der Waals surface area contributed by atoms with Crippen molar-refractivity contribution in [3.8, 4) is 5.82 Å². The third-order valence-electron chi connectivity index (χ3n) is 2.55. The first-order valence-electron chi connectivity index (χ1n) is 6.24. The number of aromatic nitrogens is 4. The number of nitrogens with one attached hydrogen (secondary N) is 1. The quantitative estimate of drug-likeness (QED) is 0.678. The highest BCUT2D eigenvalue weighted by molar-refractivity contribution is 7.98. The highest BCUT2D eigenvalue weighted by Gasteiger charge is 2.33. The summed E-state index contributed by atoms with van der Waals surface area (Å²) in [6, 6.07) is 2.49. The van der Waals surface area contributed by atoms with Crippen LogP contribution in [-0.4, -0.2) is 32.5 Å². The Bertz CT molecular complexity index is 611.